The van der Waals surface area contributed by atoms with Crippen molar-refractivity contribution < 1.29 is 0 Å². The Morgan fingerprint density at radius 3 is 1.40 bits per heavy atom. The lowest BCUT2D eigenvalue weighted by atomic mass is 10.3. The number of rotatable bonds is 3. The lowest BCUT2D eigenvalue weighted by molar-refractivity contribution is 0.961. The van der Waals surface area contributed by atoms with Gasteiger partial charge >= 0.3 is 0 Å². The van der Waals surface area contributed by atoms with Crippen molar-refractivity contribution >= 4 is 0 Å². The summed E-state index contributed by atoms with van der Waals surface area (Å²) in [6, 6.07) is 0. The predicted octanol–water partition coefficient (Wildman–Crippen LogP) is 6.16. The third-order valence-corrected chi connectivity index (χ3v) is 0.964. The fourth-order valence-corrected chi connectivity index (χ4v) is 0.440. The number of hydrogen-bond acceptors (Lipinski definition) is 0. The lowest BCUT2D eigenvalue weighted by Gasteiger charge is -1.72. The van der Waals surface area contributed by atoms with Gasteiger partial charge in [-0.2, -0.15) is 0 Å². The molecule has 0 bridgehead atoms. The highest BCUT2D eigenvalue weighted by Crippen LogP contribution is 1.82. The van der Waals surface area contributed by atoms with Crippen molar-refractivity contribution in [3.05, 3.63) is 37.5 Å². The van der Waals surface area contributed by atoms with Gasteiger partial charge in [-0.25, -0.2) is 0 Å². The second-order valence-corrected chi connectivity index (χ2v) is 2.46. The van der Waals surface area contributed by atoms with Crippen LogP contribution in [0.3, 0.4) is 0 Å². The Labute approximate surface area is 98.8 Å². The first kappa shape index (κ1) is 23.8. The van der Waals surface area contributed by atoms with Crippen LogP contribution in [0.1, 0.15) is 60.8 Å². The van der Waals surface area contributed by atoms with Gasteiger partial charge in [0.15, 0.2) is 0 Å². The summed E-state index contributed by atoms with van der Waals surface area (Å²) in [5, 5.41) is 0. The van der Waals surface area contributed by atoms with E-state index in [0.29, 0.717) is 0 Å². The molecule has 0 fully saturated rings. The van der Waals surface area contributed by atoms with Crippen LogP contribution in [-0.2, 0) is 0 Å². The number of allylic oxidation sites excluding steroid dienone is 4. The molecule has 0 heteroatoms. The molecular formula is C15H32. The van der Waals surface area contributed by atoms with Crippen molar-refractivity contribution in [1.82, 2.24) is 0 Å². The van der Waals surface area contributed by atoms with Gasteiger partial charge in [0.25, 0.3) is 0 Å². The van der Waals surface area contributed by atoms with E-state index in [0.717, 1.165) is 12.8 Å². The van der Waals surface area contributed by atoms with Crippen LogP contribution < -0.4 is 0 Å². The summed E-state index contributed by atoms with van der Waals surface area (Å²) in [7, 11) is 0. The van der Waals surface area contributed by atoms with E-state index in [9.17, 15) is 0 Å². The first-order valence-corrected chi connectivity index (χ1v) is 6.04. The Morgan fingerprint density at radius 1 is 1.00 bits per heavy atom. The molecule has 92 valence electrons. The van der Waals surface area contributed by atoms with Crippen LogP contribution in [0.5, 0.6) is 0 Å². The van der Waals surface area contributed by atoms with Crippen LogP contribution in [-0.4, -0.2) is 0 Å². The molecule has 0 unspecified atom stereocenters. The van der Waals surface area contributed by atoms with Crippen LogP contribution in [0.4, 0.5) is 0 Å². The van der Waals surface area contributed by atoms with Gasteiger partial charge in [0, 0.05) is 0 Å². The Bertz CT molecular complexity index is 98.6. The van der Waals surface area contributed by atoms with Crippen molar-refractivity contribution in [2.24, 2.45) is 0 Å². The van der Waals surface area contributed by atoms with Crippen LogP contribution in [0.2, 0.25) is 0 Å². The Hall–Kier alpha value is -0.780. The Morgan fingerprint density at radius 2 is 1.40 bits per heavy atom. The van der Waals surface area contributed by atoms with Crippen LogP contribution in [0.15, 0.2) is 37.5 Å². The third-order valence-electron chi connectivity index (χ3n) is 0.964. The van der Waals surface area contributed by atoms with E-state index < -0.39 is 0 Å². The molecule has 0 nitrogen and oxygen atoms in total. The van der Waals surface area contributed by atoms with Crippen molar-refractivity contribution in [2.45, 2.75) is 60.8 Å². The minimum absolute atomic E-state index is 1.15. The lowest BCUT2D eigenvalue weighted by Crippen LogP contribution is -1.52. The second-order valence-electron chi connectivity index (χ2n) is 2.46. The first-order valence-electron chi connectivity index (χ1n) is 6.04. The van der Waals surface area contributed by atoms with Crippen molar-refractivity contribution in [3.8, 4) is 0 Å². The summed E-state index contributed by atoms with van der Waals surface area (Å²) in [5.41, 5.74) is 0. The van der Waals surface area contributed by atoms with Crippen molar-refractivity contribution in [2.75, 3.05) is 0 Å². The van der Waals surface area contributed by atoms with Crippen molar-refractivity contribution in [3.63, 3.8) is 0 Å². The van der Waals surface area contributed by atoms with E-state index >= 15 is 0 Å². The molecule has 0 aromatic rings. The van der Waals surface area contributed by atoms with E-state index in [-0.39, 0.29) is 0 Å². The monoisotopic (exact) mass is 212 g/mol. The first-order chi connectivity index (χ1) is 7.24. The van der Waals surface area contributed by atoms with E-state index in [2.05, 4.69) is 39.2 Å². The van der Waals surface area contributed by atoms with Gasteiger partial charge in [0.05, 0.1) is 0 Å². The maximum Gasteiger partial charge on any atom is -0.0356 e. The van der Waals surface area contributed by atoms with Gasteiger partial charge in [-0.15, -0.1) is 13.2 Å². The molecule has 0 aromatic heterocycles. The normalized spacial score (nSPS) is 7.07. The highest BCUT2D eigenvalue weighted by molar-refractivity contribution is 4.73. The molecule has 0 aliphatic carbocycles. The molecule has 15 heavy (non-hydrogen) atoms. The summed E-state index contributed by atoms with van der Waals surface area (Å²) in [6.45, 7) is 19.1. The van der Waals surface area contributed by atoms with Crippen LogP contribution in [0.25, 0.3) is 0 Å². The largest absolute Gasteiger partial charge is 0.103 e. The number of unbranched alkanes of at least 4 members (excludes halogenated alkanes) is 1. The zero-order chi connectivity index (χ0) is 12.9. The van der Waals surface area contributed by atoms with E-state index in [1.807, 2.05) is 33.8 Å². The minimum Gasteiger partial charge on any atom is -0.103 e. The number of hydrogen-bond donors (Lipinski definition) is 0. The standard InChI is InChI=1S/2C5H10.C3H6.C2H6/c2*1-3-5-4-2;1-3-2;1-2/h3,5H,4H2,1-2H3;3H,1,4-5H2,2H3;3H,1H2,2H3;1-2H3/b5-3-;;;. The molecule has 0 rings (SSSR count). The molecule has 0 aliphatic heterocycles. The molecule has 0 atom stereocenters. The van der Waals surface area contributed by atoms with Gasteiger partial charge in [-0.05, 0) is 26.7 Å². The average molecular weight is 212 g/mol. The molecule has 0 N–H and O–H groups in total. The Balaban J connectivity index is -0.0000000574. The Kier molecular flexibility index (Phi) is 80.9. The van der Waals surface area contributed by atoms with Crippen LogP contribution in [0, 0.1) is 0 Å². The van der Waals surface area contributed by atoms with Crippen LogP contribution >= 0.6 is 0 Å². The smallest absolute Gasteiger partial charge is 0.0356 e. The molecule has 0 spiro atoms. The van der Waals surface area contributed by atoms with E-state index in [1.165, 1.54) is 6.42 Å². The summed E-state index contributed by atoms with van der Waals surface area (Å²) >= 11 is 0. The predicted molar refractivity (Wildman–Crippen MR) is 77.4 cm³/mol. The fourth-order valence-electron chi connectivity index (χ4n) is 0.440. The van der Waals surface area contributed by atoms with Gasteiger partial charge < -0.3 is 0 Å². The maximum atomic E-state index is 3.55. The highest BCUT2D eigenvalue weighted by atomic mass is 13.7. The maximum absolute atomic E-state index is 3.55. The minimum atomic E-state index is 1.15. The molecule has 0 amide bonds. The summed E-state index contributed by atoms with van der Waals surface area (Å²) in [6.07, 6.45) is 11.4. The zero-order valence-electron chi connectivity index (χ0n) is 11.8. The average Bonchev–Trinajstić information content (AvgIpc) is 2.25. The molecule has 0 radical (unpaired) electrons. The summed E-state index contributed by atoms with van der Waals surface area (Å²) in [5.74, 6) is 0. The summed E-state index contributed by atoms with van der Waals surface area (Å²) < 4.78 is 0. The van der Waals surface area contributed by atoms with Crippen molar-refractivity contribution in [1.29, 1.82) is 0 Å². The third kappa shape index (κ3) is 161. The van der Waals surface area contributed by atoms with Gasteiger partial charge in [-0.1, -0.05) is 58.4 Å². The second kappa shape index (κ2) is 51.0. The zero-order valence-corrected chi connectivity index (χ0v) is 11.8. The molecule has 0 aliphatic rings. The topological polar surface area (TPSA) is 0 Å². The van der Waals surface area contributed by atoms with Gasteiger partial charge in [-0.3, -0.25) is 0 Å². The van der Waals surface area contributed by atoms with E-state index in [4.69, 9.17) is 0 Å². The molecule has 0 saturated carbocycles. The fraction of sp³-hybridized carbons (Fsp3) is 0.600. The summed E-state index contributed by atoms with van der Waals surface area (Å²) in [4.78, 5) is 0. The highest BCUT2D eigenvalue weighted by Gasteiger charge is 1.61. The molecule has 0 heterocycles. The molecule has 0 aromatic carbocycles. The quantitative estimate of drug-likeness (QED) is 0.491. The molecule has 0 saturated heterocycles. The SMILES string of the molecule is C/C=C\CC.C=CC.C=CCCC.CC. The molecular weight excluding hydrogens is 180 g/mol. The van der Waals surface area contributed by atoms with E-state index in [1.54, 1.807) is 6.08 Å². The van der Waals surface area contributed by atoms with Gasteiger partial charge in [0.1, 0.15) is 0 Å². The van der Waals surface area contributed by atoms with Gasteiger partial charge in [0.2, 0.25) is 0 Å².